The molecule has 4 aromatic carbocycles. The summed E-state index contributed by atoms with van der Waals surface area (Å²) in [5.41, 5.74) is 14.8. The quantitative estimate of drug-likeness (QED) is 0.196. The number of allylic oxidation sites excluding steroid dienone is 2. The molecule has 2 unspecified atom stereocenters. The van der Waals surface area contributed by atoms with Crippen molar-refractivity contribution in [3.05, 3.63) is 130 Å². The molecule has 2 atom stereocenters. The van der Waals surface area contributed by atoms with E-state index in [1.807, 2.05) is 0 Å². The first-order valence-corrected chi connectivity index (χ1v) is 27.8. The molecule has 0 fully saturated rings. The van der Waals surface area contributed by atoms with Gasteiger partial charge in [-0.15, -0.1) is 0 Å². The summed E-state index contributed by atoms with van der Waals surface area (Å²) in [6.07, 6.45) is 7.38. The maximum atomic E-state index is 2.76. The van der Waals surface area contributed by atoms with Crippen LogP contribution < -0.4 is 0 Å². The Balaban J connectivity index is 1.54. The van der Waals surface area contributed by atoms with Crippen molar-refractivity contribution in [1.29, 1.82) is 0 Å². The van der Waals surface area contributed by atoms with Crippen molar-refractivity contribution in [1.82, 2.24) is 0 Å². The first-order chi connectivity index (χ1) is 18.3. The Morgan fingerprint density at radius 1 is 0.553 bits per heavy atom. The summed E-state index contributed by atoms with van der Waals surface area (Å²) in [6, 6.07) is 36.1. The average Bonchev–Trinajstić information content (AvgIpc) is 3.53. The normalized spacial score (nSPS) is 18.6. The summed E-state index contributed by atoms with van der Waals surface area (Å²) in [6.45, 7) is 7.19. The number of hydrogen-bond acceptors (Lipinski definition) is 0. The molecule has 0 bridgehead atoms. The molecule has 0 spiro atoms. The van der Waals surface area contributed by atoms with Gasteiger partial charge in [-0.05, 0) is 0 Å². The summed E-state index contributed by atoms with van der Waals surface area (Å²) in [4.78, 5) is 0. The molecule has 2 aliphatic carbocycles. The van der Waals surface area contributed by atoms with Gasteiger partial charge >= 0.3 is 232 Å². The van der Waals surface area contributed by atoms with Crippen molar-refractivity contribution in [2.24, 2.45) is 0 Å². The maximum absolute atomic E-state index is 3.55. The van der Waals surface area contributed by atoms with Crippen LogP contribution in [0.3, 0.4) is 0 Å². The Morgan fingerprint density at radius 3 is 1.32 bits per heavy atom. The fraction of sp³-hybridized carbons (Fsp3) is 0.222. The van der Waals surface area contributed by atoms with E-state index in [-0.39, 0.29) is 0 Å². The molecule has 0 amide bonds. The molecule has 0 heterocycles. The van der Waals surface area contributed by atoms with E-state index in [0.29, 0.717) is 7.25 Å². The van der Waals surface area contributed by atoms with Crippen LogP contribution in [0.1, 0.15) is 56.2 Å². The molecule has 0 radical (unpaired) electrons. The molecule has 0 aliphatic heterocycles. The van der Waals surface area contributed by atoms with E-state index < -0.39 is 17.4 Å². The van der Waals surface area contributed by atoms with Crippen LogP contribution in [-0.4, -0.2) is 6.88 Å². The second-order valence-electron chi connectivity index (χ2n) is 12.3. The van der Waals surface area contributed by atoms with Crippen molar-refractivity contribution >= 4 is 19.0 Å². The Morgan fingerprint density at radius 2 is 0.947 bits per heavy atom. The van der Waals surface area contributed by atoms with Gasteiger partial charge in [0.15, 0.2) is 0 Å². The second kappa shape index (κ2) is 9.58. The Labute approximate surface area is 231 Å². The van der Waals surface area contributed by atoms with Gasteiger partial charge in [0.1, 0.15) is 0 Å². The van der Waals surface area contributed by atoms with Crippen molar-refractivity contribution < 1.29 is 17.4 Å². The number of hydrogen-bond donors (Lipinski definition) is 0. The molecule has 4 aromatic rings. The van der Waals surface area contributed by atoms with E-state index in [9.17, 15) is 0 Å². The molecule has 2 aliphatic rings. The molecule has 0 saturated heterocycles. The van der Waals surface area contributed by atoms with Crippen LogP contribution in [-0.2, 0) is 17.4 Å². The van der Waals surface area contributed by atoms with E-state index in [1.54, 1.807) is 22.3 Å². The third-order valence-corrected chi connectivity index (χ3v) is 26.7. The standard InChI is InChI=1S/2C17H15.2CH3.H2Si.Zr/c2*1-2-13-11-15-9-6-10-16(17(15)12-13)14-7-4-3-5-8-14;;;;/h2*3-12H,2H2,1H3;2*1H3;1H2;. The molecule has 38 heavy (non-hydrogen) atoms. The molecule has 0 nitrogen and oxygen atoms in total. The Bertz CT molecular complexity index is 1530. The van der Waals surface area contributed by atoms with Gasteiger partial charge in [0.2, 0.25) is 0 Å². The zero-order chi connectivity index (χ0) is 26.5. The monoisotopic (exact) mass is 588 g/mol. The minimum atomic E-state index is -3.55. The molecule has 6 rings (SSSR count). The average molecular weight is 590 g/mol. The number of fused-ring (bicyclic) bond motifs is 2. The number of benzene rings is 4. The zero-order valence-electron chi connectivity index (χ0n) is 23.2. The summed E-state index contributed by atoms with van der Waals surface area (Å²) in [5.74, 6) is 0. The molecule has 2 heteroatoms. The van der Waals surface area contributed by atoms with Gasteiger partial charge in [-0.1, -0.05) is 0 Å². The van der Waals surface area contributed by atoms with Crippen LogP contribution in [0.4, 0.5) is 0 Å². The molecule has 0 saturated carbocycles. The van der Waals surface area contributed by atoms with Crippen LogP contribution in [0.2, 0.25) is 9.26 Å². The van der Waals surface area contributed by atoms with Gasteiger partial charge in [0.05, 0.1) is 0 Å². The second-order valence-corrected chi connectivity index (χ2v) is 42.8. The van der Waals surface area contributed by atoms with Gasteiger partial charge in [0.25, 0.3) is 0 Å². The molecule has 190 valence electrons. The summed E-state index contributed by atoms with van der Waals surface area (Å²) >= 11 is -3.55. The topological polar surface area (TPSA) is 0 Å². The van der Waals surface area contributed by atoms with Gasteiger partial charge in [-0.3, -0.25) is 0 Å². The van der Waals surface area contributed by atoms with Crippen LogP contribution in [0.5, 0.6) is 0 Å². The first-order valence-electron chi connectivity index (χ1n) is 14.2. The van der Waals surface area contributed by atoms with Crippen LogP contribution in [0, 0.1) is 0 Å². The predicted molar refractivity (Wildman–Crippen MR) is 166 cm³/mol. The first kappa shape index (κ1) is 25.7. The summed E-state index contributed by atoms with van der Waals surface area (Å²) in [7, 11) is 0. The summed E-state index contributed by atoms with van der Waals surface area (Å²) in [5, 5.41) is 0. The predicted octanol–water partition coefficient (Wildman–Crippen LogP) is 9.75. The fourth-order valence-corrected chi connectivity index (χ4v) is 27.9. The van der Waals surface area contributed by atoms with Crippen molar-refractivity contribution in [3.8, 4) is 22.3 Å². The SMILES string of the molecule is CCC1=Cc2c(-c3ccccc3)cccc2[CH]1[Zr]([CH3])([CH3])(=[SiH2])[CH]1C(CC)=Cc2c(-c3ccccc3)cccc21. The van der Waals surface area contributed by atoms with Crippen molar-refractivity contribution in [2.45, 2.75) is 43.2 Å². The fourth-order valence-electron chi connectivity index (χ4n) is 7.69. The van der Waals surface area contributed by atoms with Crippen LogP contribution in [0.15, 0.2) is 108 Å². The van der Waals surface area contributed by atoms with Crippen molar-refractivity contribution in [3.63, 3.8) is 0 Å². The van der Waals surface area contributed by atoms with E-state index in [4.69, 9.17) is 0 Å². The molecule has 0 N–H and O–H groups in total. The Kier molecular flexibility index (Phi) is 6.48. The van der Waals surface area contributed by atoms with Crippen LogP contribution >= 0.6 is 0 Å². The number of rotatable bonds is 6. The van der Waals surface area contributed by atoms with E-state index in [1.165, 1.54) is 33.4 Å². The van der Waals surface area contributed by atoms with E-state index in [2.05, 4.69) is 139 Å². The zero-order valence-corrected chi connectivity index (χ0v) is 27.0. The van der Waals surface area contributed by atoms with Gasteiger partial charge in [-0.2, -0.15) is 0 Å². The molecule has 0 aromatic heterocycles. The Hall–Kier alpha value is -2.54. The molecular formula is C36H38SiZr. The minimum absolute atomic E-state index is 0.560. The van der Waals surface area contributed by atoms with Gasteiger partial charge in [-0.25, -0.2) is 0 Å². The van der Waals surface area contributed by atoms with E-state index >= 15 is 0 Å². The summed E-state index contributed by atoms with van der Waals surface area (Å²) < 4.78 is 6.64. The van der Waals surface area contributed by atoms with E-state index in [0.717, 1.165) is 12.8 Å². The third kappa shape index (κ3) is 4.04. The van der Waals surface area contributed by atoms with Crippen LogP contribution in [0.25, 0.3) is 34.4 Å². The van der Waals surface area contributed by atoms with Crippen molar-refractivity contribution in [2.75, 3.05) is 0 Å². The van der Waals surface area contributed by atoms with Gasteiger partial charge < -0.3 is 0 Å². The third-order valence-electron chi connectivity index (χ3n) is 9.19. The molecular weight excluding hydrogens is 552 g/mol. The van der Waals surface area contributed by atoms with Gasteiger partial charge in [0, 0.05) is 0 Å².